The summed E-state index contributed by atoms with van der Waals surface area (Å²) in [6.07, 6.45) is 3.64. The zero-order valence-electron chi connectivity index (χ0n) is 14.7. The third-order valence-electron chi connectivity index (χ3n) is 4.62. The molecule has 1 aliphatic carbocycles. The van der Waals surface area contributed by atoms with E-state index in [0.29, 0.717) is 11.5 Å². The topological polar surface area (TPSA) is 44.5 Å². The third-order valence-corrected chi connectivity index (χ3v) is 4.62. The number of nitrogens with two attached hydrogens (primary N) is 1. The van der Waals surface area contributed by atoms with Crippen LogP contribution in [0.4, 0.5) is 0 Å². The minimum absolute atomic E-state index is 0.0337. The van der Waals surface area contributed by atoms with Crippen LogP contribution in [0.5, 0.6) is 23.0 Å². The van der Waals surface area contributed by atoms with E-state index in [4.69, 9.17) is 15.2 Å². The maximum absolute atomic E-state index is 6.40. The number of benzene rings is 3. The van der Waals surface area contributed by atoms with Crippen LogP contribution < -0.4 is 15.2 Å². The summed E-state index contributed by atoms with van der Waals surface area (Å²) in [6.45, 7) is 0. The summed E-state index contributed by atoms with van der Waals surface area (Å²) in [5, 5.41) is 0. The average molecular weight is 345 g/mol. The number of ether oxygens (including phenoxy) is 2. The summed E-state index contributed by atoms with van der Waals surface area (Å²) in [5.74, 6) is 3.70. The van der Waals surface area contributed by atoms with Gasteiger partial charge in [-0.15, -0.1) is 0 Å². The van der Waals surface area contributed by atoms with Gasteiger partial charge < -0.3 is 15.2 Å². The van der Waals surface area contributed by atoms with Crippen molar-refractivity contribution in [3.8, 4) is 23.0 Å². The van der Waals surface area contributed by atoms with Crippen LogP contribution in [-0.4, -0.2) is 0 Å². The lowest BCUT2D eigenvalue weighted by Gasteiger charge is -2.17. The van der Waals surface area contributed by atoms with Gasteiger partial charge in [0, 0.05) is 6.04 Å². The van der Waals surface area contributed by atoms with E-state index in [-0.39, 0.29) is 6.04 Å². The molecule has 1 fully saturated rings. The zero-order chi connectivity index (χ0) is 17.8. The summed E-state index contributed by atoms with van der Waals surface area (Å²) in [4.78, 5) is 0. The molecule has 1 atom stereocenters. The van der Waals surface area contributed by atoms with E-state index in [0.717, 1.165) is 29.4 Å². The second-order valence-corrected chi connectivity index (χ2v) is 6.82. The van der Waals surface area contributed by atoms with Crippen molar-refractivity contribution in [2.45, 2.75) is 25.3 Å². The molecule has 1 aliphatic rings. The molecule has 3 heteroatoms. The van der Waals surface area contributed by atoms with Gasteiger partial charge in [-0.25, -0.2) is 0 Å². The Morgan fingerprint density at radius 2 is 1.35 bits per heavy atom. The summed E-state index contributed by atoms with van der Waals surface area (Å²) in [7, 11) is 0. The van der Waals surface area contributed by atoms with Crippen molar-refractivity contribution in [1.29, 1.82) is 0 Å². The van der Waals surface area contributed by atoms with Crippen LogP contribution in [-0.2, 0) is 0 Å². The highest BCUT2D eigenvalue weighted by Crippen LogP contribution is 2.40. The molecular formula is C23H23NO2. The summed E-state index contributed by atoms with van der Waals surface area (Å²) in [5.41, 5.74) is 7.49. The highest BCUT2D eigenvalue weighted by Gasteiger charge is 2.25. The molecule has 26 heavy (non-hydrogen) atoms. The summed E-state index contributed by atoms with van der Waals surface area (Å²) in [6, 6.07) is 25.5. The van der Waals surface area contributed by atoms with E-state index in [9.17, 15) is 0 Å². The minimum atomic E-state index is 0.0337. The quantitative estimate of drug-likeness (QED) is 0.565. The third kappa shape index (κ3) is 4.24. The second-order valence-electron chi connectivity index (χ2n) is 6.82. The molecule has 3 nitrogen and oxygen atoms in total. The fraction of sp³-hybridized carbons (Fsp3) is 0.217. The van der Waals surface area contributed by atoms with Crippen molar-refractivity contribution >= 4 is 0 Å². The van der Waals surface area contributed by atoms with Crippen LogP contribution in [0.2, 0.25) is 0 Å². The molecule has 0 unspecified atom stereocenters. The number of hydrogen-bond acceptors (Lipinski definition) is 3. The molecule has 4 rings (SSSR count). The van der Waals surface area contributed by atoms with Gasteiger partial charge in [0.15, 0.2) is 11.5 Å². The smallest absolute Gasteiger partial charge is 0.170 e. The number of para-hydroxylation sites is 2. The lowest BCUT2D eigenvalue weighted by Crippen LogP contribution is -2.11. The van der Waals surface area contributed by atoms with Gasteiger partial charge >= 0.3 is 0 Å². The normalized spacial score (nSPS) is 14.7. The van der Waals surface area contributed by atoms with Crippen LogP contribution in [0.1, 0.15) is 30.9 Å². The molecule has 0 heterocycles. The SMILES string of the molecule is N[C@H](CC1CC1)c1ccc(Oc2ccccc2)c(Oc2ccccc2)c1. The van der Waals surface area contributed by atoms with Gasteiger partial charge in [0.1, 0.15) is 11.5 Å². The highest BCUT2D eigenvalue weighted by atomic mass is 16.5. The highest BCUT2D eigenvalue weighted by molar-refractivity contribution is 5.48. The number of hydrogen-bond donors (Lipinski definition) is 1. The molecule has 0 aliphatic heterocycles. The Morgan fingerprint density at radius 1 is 0.769 bits per heavy atom. The lowest BCUT2D eigenvalue weighted by atomic mass is 10.0. The van der Waals surface area contributed by atoms with Crippen LogP contribution in [0, 0.1) is 5.92 Å². The Hall–Kier alpha value is -2.78. The zero-order valence-corrected chi connectivity index (χ0v) is 14.7. The van der Waals surface area contributed by atoms with Crippen molar-refractivity contribution in [3.63, 3.8) is 0 Å². The predicted molar refractivity (Wildman–Crippen MR) is 104 cm³/mol. The molecule has 1 saturated carbocycles. The first-order valence-electron chi connectivity index (χ1n) is 9.13. The molecule has 132 valence electrons. The molecule has 0 spiro atoms. The van der Waals surface area contributed by atoms with Gasteiger partial charge in [-0.2, -0.15) is 0 Å². The average Bonchev–Trinajstić information content (AvgIpc) is 3.49. The van der Waals surface area contributed by atoms with Crippen molar-refractivity contribution in [3.05, 3.63) is 84.4 Å². The monoisotopic (exact) mass is 345 g/mol. The van der Waals surface area contributed by atoms with E-state index in [1.807, 2.05) is 78.9 Å². The van der Waals surface area contributed by atoms with Crippen LogP contribution in [0.3, 0.4) is 0 Å². The van der Waals surface area contributed by atoms with E-state index >= 15 is 0 Å². The van der Waals surface area contributed by atoms with Crippen LogP contribution >= 0.6 is 0 Å². The van der Waals surface area contributed by atoms with Gasteiger partial charge in [0.2, 0.25) is 0 Å². The van der Waals surface area contributed by atoms with E-state index < -0.39 is 0 Å². The standard InChI is InChI=1S/C23H23NO2/c24-21(15-17-11-12-17)18-13-14-22(25-19-7-3-1-4-8-19)23(16-18)26-20-9-5-2-6-10-20/h1-10,13-14,16-17,21H,11-12,15,24H2/t21-/m1/s1. The van der Waals surface area contributed by atoms with Gasteiger partial charge in [-0.3, -0.25) is 0 Å². The molecular weight excluding hydrogens is 322 g/mol. The van der Waals surface area contributed by atoms with E-state index in [1.54, 1.807) is 0 Å². The first-order chi connectivity index (χ1) is 12.8. The van der Waals surface area contributed by atoms with Crippen molar-refractivity contribution in [2.24, 2.45) is 11.7 Å². The molecule has 0 amide bonds. The Balaban J connectivity index is 1.62. The molecule has 0 bridgehead atoms. The molecule has 2 N–H and O–H groups in total. The van der Waals surface area contributed by atoms with Gasteiger partial charge in [-0.1, -0.05) is 55.3 Å². The Kier molecular flexibility index (Phi) is 4.89. The molecule has 3 aromatic carbocycles. The molecule has 3 aromatic rings. The van der Waals surface area contributed by atoms with Gasteiger partial charge in [0.25, 0.3) is 0 Å². The Labute approximate surface area is 154 Å². The van der Waals surface area contributed by atoms with Gasteiger partial charge in [-0.05, 0) is 54.3 Å². The fourth-order valence-corrected chi connectivity index (χ4v) is 3.00. The minimum Gasteiger partial charge on any atom is -0.453 e. The molecule has 0 radical (unpaired) electrons. The van der Waals surface area contributed by atoms with Gasteiger partial charge in [0.05, 0.1) is 0 Å². The first kappa shape index (κ1) is 16.7. The van der Waals surface area contributed by atoms with Crippen molar-refractivity contribution < 1.29 is 9.47 Å². The maximum Gasteiger partial charge on any atom is 0.170 e. The molecule has 0 aromatic heterocycles. The lowest BCUT2D eigenvalue weighted by molar-refractivity contribution is 0.417. The summed E-state index contributed by atoms with van der Waals surface area (Å²) < 4.78 is 12.2. The van der Waals surface area contributed by atoms with Crippen LogP contribution in [0.25, 0.3) is 0 Å². The second kappa shape index (κ2) is 7.63. The van der Waals surface area contributed by atoms with Crippen LogP contribution in [0.15, 0.2) is 78.9 Å². The Morgan fingerprint density at radius 3 is 1.92 bits per heavy atom. The first-order valence-corrected chi connectivity index (χ1v) is 9.13. The van der Waals surface area contributed by atoms with E-state index in [2.05, 4.69) is 0 Å². The Bertz CT molecular complexity index is 845. The van der Waals surface area contributed by atoms with Crippen molar-refractivity contribution in [1.82, 2.24) is 0 Å². The summed E-state index contributed by atoms with van der Waals surface area (Å²) >= 11 is 0. The molecule has 0 saturated heterocycles. The predicted octanol–water partition coefficient (Wildman–Crippen LogP) is 6.07. The maximum atomic E-state index is 6.40. The number of rotatable bonds is 7. The van der Waals surface area contributed by atoms with E-state index in [1.165, 1.54) is 12.8 Å². The van der Waals surface area contributed by atoms with Crippen molar-refractivity contribution in [2.75, 3.05) is 0 Å². The fourth-order valence-electron chi connectivity index (χ4n) is 3.00. The largest absolute Gasteiger partial charge is 0.453 e.